The van der Waals surface area contributed by atoms with E-state index in [4.69, 9.17) is 0 Å². The summed E-state index contributed by atoms with van der Waals surface area (Å²) in [6.45, 7) is 0. The monoisotopic (exact) mass is 258 g/mol. The smallest absolute Gasteiger partial charge is 0.176 e. The minimum atomic E-state index is -1.89. The molecular formula is C15H14O4. The molecule has 1 aliphatic carbocycles. The van der Waals surface area contributed by atoms with Crippen molar-refractivity contribution >= 4 is 12.1 Å². The predicted octanol–water partition coefficient (Wildman–Crippen LogP) is 0.961. The number of aliphatic hydroxyl groups is 2. The van der Waals surface area contributed by atoms with Crippen molar-refractivity contribution < 1.29 is 19.8 Å². The summed E-state index contributed by atoms with van der Waals surface area (Å²) < 4.78 is 0. The molecule has 1 aromatic carbocycles. The van der Waals surface area contributed by atoms with E-state index in [0.29, 0.717) is 11.8 Å². The van der Waals surface area contributed by atoms with Crippen LogP contribution in [0.1, 0.15) is 11.7 Å². The molecule has 19 heavy (non-hydrogen) atoms. The topological polar surface area (TPSA) is 74.6 Å². The van der Waals surface area contributed by atoms with Gasteiger partial charge in [0.2, 0.25) is 0 Å². The number of allylic oxidation sites excluding steroid dienone is 2. The maximum absolute atomic E-state index is 12.2. The Morgan fingerprint density at radius 2 is 1.95 bits per heavy atom. The summed E-state index contributed by atoms with van der Waals surface area (Å²) in [6, 6.07) is 8.41. The second-order valence-electron chi connectivity index (χ2n) is 4.44. The molecule has 0 heterocycles. The van der Waals surface area contributed by atoms with Crippen molar-refractivity contribution in [1.82, 2.24) is 0 Å². The average Bonchev–Trinajstić information content (AvgIpc) is 2.47. The van der Waals surface area contributed by atoms with E-state index in [-0.39, 0.29) is 0 Å². The van der Waals surface area contributed by atoms with E-state index in [1.165, 1.54) is 18.2 Å². The highest BCUT2D eigenvalue weighted by Crippen LogP contribution is 2.28. The van der Waals surface area contributed by atoms with Crippen LogP contribution in [0, 0.1) is 5.92 Å². The zero-order valence-electron chi connectivity index (χ0n) is 10.1. The van der Waals surface area contributed by atoms with Gasteiger partial charge in [0.05, 0.1) is 5.92 Å². The first-order valence-electron chi connectivity index (χ1n) is 5.90. The number of hydrogen-bond acceptors (Lipinski definition) is 4. The minimum absolute atomic E-state index is 0.313. The summed E-state index contributed by atoms with van der Waals surface area (Å²) in [6.07, 6.45) is 4.68. The zero-order valence-corrected chi connectivity index (χ0v) is 10.1. The van der Waals surface area contributed by atoms with Gasteiger partial charge in [-0.25, -0.2) is 0 Å². The third kappa shape index (κ3) is 2.54. The number of rotatable bonds is 4. The normalized spacial score (nSPS) is 26.9. The molecule has 0 radical (unpaired) electrons. The first-order chi connectivity index (χ1) is 9.08. The third-order valence-electron chi connectivity index (χ3n) is 3.16. The fourth-order valence-corrected chi connectivity index (χ4v) is 2.05. The molecule has 0 saturated carbocycles. The molecule has 0 spiro atoms. The van der Waals surface area contributed by atoms with Crippen LogP contribution < -0.4 is 0 Å². The molecule has 0 saturated heterocycles. The number of aldehydes is 1. The molecule has 1 aliphatic rings. The molecule has 98 valence electrons. The molecule has 0 amide bonds. The lowest BCUT2D eigenvalue weighted by molar-refractivity contribution is -0.140. The van der Waals surface area contributed by atoms with Gasteiger partial charge in [0.25, 0.3) is 0 Å². The Labute approximate surface area is 110 Å². The maximum Gasteiger partial charge on any atom is 0.176 e. The number of hydrogen-bond donors (Lipinski definition) is 2. The van der Waals surface area contributed by atoms with Crippen LogP contribution in [0.15, 0.2) is 54.6 Å². The maximum atomic E-state index is 12.2. The van der Waals surface area contributed by atoms with Crippen LogP contribution >= 0.6 is 0 Å². The highest BCUT2D eigenvalue weighted by atomic mass is 16.3. The van der Waals surface area contributed by atoms with Crippen molar-refractivity contribution in [3.05, 3.63) is 60.2 Å². The SMILES string of the molecule is O=CC1(O)C=CC=CC1C(=O)C(O)c1ccccc1. The molecule has 2 N–H and O–H groups in total. The molecule has 1 aromatic rings. The van der Waals surface area contributed by atoms with Crippen LogP contribution in [0.2, 0.25) is 0 Å². The van der Waals surface area contributed by atoms with Crippen LogP contribution in [-0.4, -0.2) is 27.9 Å². The molecule has 0 fully saturated rings. The van der Waals surface area contributed by atoms with Gasteiger partial charge < -0.3 is 10.2 Å². The van der Waals surface area contributed by atoms with Gasteiger partial charge in [-0.1, -0.05) is 48.6 Å². The molecule has 0 aliphatic heterocycles. The van der Waals surface area contributed by atoms with Crippen LogP contribution in [0.5, 0.6) is 0 Å². The molecular weight excluding hydrogens is 244 g/mol. The molecule has 2 rings (SSSR count). The lowest BCUT2D eigenvalue weighted by Crippen LogP contribution is -2.43. The number of aliphatic hydroxyl groups excluding tert-OH is 1. The standard InChI is InChI=1S/C15H14O4/c16-10-15(19)9-5-4-8-12(15)14(18)13(17)11-6-2-1-3-7-11/h1-10,12-13,17,19H. The predicted molar refractivity (Wildman–Crippen MR) is 69.2 cm³/mol. The second kappa shape index (κ2) is 5.30. The van der Waals surface area contributed by atoms with Gasteiger partial charge in [0.1, 0.15) is 6.10 Å². The van der Waals surface area contributed by atoms with Gasteiger partial charge in [0, 0.05) is 0 Å². The molecule has 4 nitrogen and oxygen atoms in total. The fourth-order valence-electron chi connectivity index (χ4n) is 2.05. The van der Waals surface area contributed by atoms with Crippen LogP contribution in [0.25, 0.3) is 0 Å². The van der Waals surface area contributed by atoms with Crippen molar-refractivity contribution in [1.29, 1.82) is 0 Å². The largest absolute Gasteiger partial charge is 0.381 e. The highest BCUT2D eigenvalue weighted by Gasteiger charge is 2.41. The zero-order chi connectivity index (χ0) is 13.9. The molecule has 3 atom stereocenters. The van der Waals surface area contributed by atoms with Crippen LogP contribution in [0.3, 0.4) is 0 Å². The first kappa shape index (κ1) is 13.4. The number of Topliss-reactive ketones (excluding diaryl/α,β-unsaturated/α-hetero) is 1. The number of benzene rings is 1. The average molecular weight is 258 g/mol. The van der Waals surface area contributed by atoms with Gasteiger partial charge in [0.15, 0.2) is 17.7 Å². The summed E-state index contributed by atoms with van der Waals surface area (Å²) in [7, 11) is 0. The van der Waals surface area contributed by atoms with E-state index in [2.05, 4.69) is 0 Å². The molecule has 3 unspecified atom stereocenters. The van der Waals surface area contributed by atoms with Gasteiger partial charge >= 0.3 is 0 Å². The second-order valence-corrected chi connectivity index (χ2v) is 4.44. The number of carbonyl (C=O) groups is 2. The molecule has 0 aromatic heterocycles. The van der Waals surface area contributed by atoms with Gasteiger partial charge in [-0.15, -0.1) is 0 Å². The van der Waals surface area contributed by atoms with E-state index in [1.807, 2.05) is 0 Å². The summed E-state index contributed by atoms with van der Waals surface area (Å²) in [5.41, 5.74) is -1.45. The summed E-state index contributed by atoms with van der Waals surface area (Å²) in [5, 5.41) is 20.1. The van der Waals surface area contributed by atoms with Crippen LogP contribution in [0.4, 0.5) is 0 Å². The fraction of sp³-hybridized carbons (Fsp3) is 0.200. The third-order valence-corrected chi connectivity index (χ3v) is 3.16. The van der Waals surface area contributed by atoms with Crippen molar-refractivity contribution in [2.24, 2.45) is 5.92 Å². The van der Waals surface area contributed by atoms with Gasteiger partial charge in [-0.05, 0) is 11.6 Å². The molecule has 4 heteroatoms. The Morgan fingerprint density at radius 1 is 1.26 bits per heavy atom. The van der Waals surface area contributed by atoms with E-state index in [1.54, 1.807) is 36.4 Å². The lowest BCUT2D eigenvalue weighted by Gasteiger charge is -2.28. The lowest BCUT2D eigenvalue weighted by atomic mass is 9.79. The van der Waals surface area contributed by atoms with Crippen molar-refractivity contribution in [2.45, 2.75) is 11.7 Å². The minimum Gasteiger partial charge on any atom is -0.381 e. The Balaban J connectivity index is 2.27. The van der Waals surface area contributed by atoms with E-state index in [0.717, 1.165) is 0 Å². The van der Waals surface area contributed by atoms with Crippen LogP contribution in [-0.2, 0) is 9.59 Å². The quantitative estimate of drug-likeness (QED) is 0.789. The molecule has 0 bridgehead atoms. The van der Waals surface area contributed by atoms with E-state index in [9.17, 15) is 19.8 Å². The van der Waals surface area contributed by atoms with Crippen molar-refractivity contribution in [3.63, 3.8) is 0 Å². The Bertz CT molecular complexity index is 532. The summed E-state index contributed by atoms with van der Waals surface area (Å²) in [4.78, 5) is 23.2. The Morgan fingerprint density at radius 3 is 2.58 bits per heavy atom. The summed E-state index contributed by atoms with van der Waals surface area (Å²) >= 11 is 0. The van der Waals surface area contributed by atoms with Gasteiger partial charge in [-0.3, -0.25) is 9.59 Å². The Kier molecular flexibility index (Phi) is 3.74. The summed E-state index contributed by atoms with van der Waals surface area (Å²) in [5.74, 6) is -1.69. The highest BCUT2D eigenvalue weighted by molar-refractivity contribution is 5.93. The van der Waals surface area contributed by atoms with Crippen molar-refractivity contribution in [2.75, 3.05) is 0 Å². The number of ketones is 1. The van der Waals surface area contributed by atoms with Gasteiger partial charge in [-0.2, -0.15) is 0 Å². The Hall–Kier alpha value is -2.04. The van der Waals surface area contributed by atoms with Crippen molar-refractivity contribution in [3.8, 4) is 0 Å². The first-order valence-corrected chi connectivity index (χ1v) is 5.90. The number of carbonyl (C=O) groups excluding carboxylic acids is 2. The van der Waals surface area contributed by atoms with E-state index >= 15 is 0 Å². The van der Waals surface area contributed by atoms with E-state index < -0.39 is 23.4 Å².